The van der Waals surface area contributed by atoms with Crippen molar-refractivity contribution in [2.75, 3.05) is 45.9 Å². The fourth-order valence-electron chi connectivity index (χ4n) is 7.34. The summed E-state index contributed by atoms with van der Waals surface area (Å²) in [5, 5.41) is 17.8. The predicted octanol–water partition coefficient (Wildman–Crippen LogP) is 5.16. The van der Waals surface area contributed by atoms with Crippen molar-refractivity contribution in [2.24, 2.45) is 5.73 Å². The van der Waals surface area contributed by atoms with Gasteiger partial charge in [0.15, 0.2) is 0 Å². The first-order chi connectivity index (χ1) is 24.4. The number of nitrogens with two attached hydrogens (primary N) is 1. The number of hydrogen-bond acceptors (Lipinski definition) is 8. The Labute approximate surface area is 294 Å². The molecule has 1 unspecified atom stereocenters. The van der Waals surface area contributed by atoms with Crippen LogP contribution in [0.1, 0.15) is 61.6 Å². The third-order valence-corrected chi connectivity index (χ3v) is 9.92. The minimum Gasteiger partial charge on any atom is -0.375 e. The Morgan fingerprint density at radius 2 is 1.62 bits per heavy atom. The number of carbonyl (C=O) groups excluding carboxylic acids is 2. The maximum absolute atomic E-state index is 12.9. The monoisotopic (exact) mass is 680 g/mol. The van der Waals surface area contributed by atoms with Gasteiger partial charge in [-0.25, -0.2) is 0 Å². The third kappa shape index (κ3) is 8.30. The molecule has 0 spiro atoms. The van der Waals surface area contributed by atoms with E-state index < -0.39 is 10.8 Å². The smallest absolute Gasteiger partial charge is 0.269 e. The van der Waals surface area contributed by atoms with Gasteiger partial charge in [0.25, 0.3) is 5.69 Å². The second-order valence-corrected chi connectivity index (χ2v) is 12.8. The van der Waals surface area contributed by atoms with Crippen LogP contribution in [0.3, 0.4) is 0 Å². The highest BCUT2D eigenvalue weighted by Gasteiger charge is 2.38. The van der Waals surface area contributed by atoms with Crippen LogP contribution in [-0.2, 0) is 19.7 Å². The zero-order chi connectivity index (χ0) is 35.3. The van der Waals surface area contributed by atoms with Gasteiger partial charge in [0.2, 0.25) is 12.8 Å². The number of likely N-dealkylation sites (tertiary alicyclic amines) is 1. The van der Waals surface area contributed by atoms with Gasteiger partial charge in [0.05, 0.1) is 34.5 Å². The standard InChI is InChI=1S/C39H48N6O5/c1-2-34-37(41-28-46)36(30-15-17-33(18-16-30)45(48)49)38(35(42-34)27-50-26-9-21-40)44(29-47)23-10-22-43-24-19-39(20-25-43,31-11-5-3-6-12-31)32-13-7-4-8-14-32/h3-8,11-18,28-29,36,42H,2,9-10,19-27,40H2,1H3,(H,41,46). The lowest BCUT2D eigenvalue weighted by Crippen LogP contribution is -2.44. The number of hydrogen-bond donors (Lipinski definition) is 3. The van der Waals surface area contributed by atoms with E-state index >= 15 is 0 Å². The average molecular weight is 681 g/mol. The molecule has 5 rings (SSSR count). The first-order valence-corrected chi connectivity index (χ1v) is 17.5. The van der Waals surface area contributed by atoms with Crippen molar-refractivity contribution < 1.29 is 19.2 Å². The summed E-state index contributed by atoms with van der Waals surface area (Å²) in [4.78, 5) is 40.0. The summed E-state index contributed by atoms with van der Waals surface area (Å²) in [6, 6.07) is 27.8. The van der Waals surface area contributed by atoms with Gasteiger partial charge in [-0.3, -0.25) is 19.7 Å². The minimum absolute atomic E-state index is 0.0412. The normalized spacial score (nSPS) is 17.6. The quantitative estimate of drug-likeness (QED) is 0.0724. The molecule has 3 aromatic carbocycles. The largest absolute Gasteiger partial charge is 0.375 e. The van der Waals surface area contributed by atoms with E-state index in [1.165, 1.54) is 23.3 Å². The molecule has 11 heteroatoms. The highest BCUT2D eigenvalue weighted by molar-refractivity contribution is 5.60. The van der Waals surface area contributed by atoms with E-state index in [2.05, 4.69) is 76.2 Å². The molecule has 2 amide bonds. The lowest BCUT2D eigenvalue weighted by Gasteiger charge is -2.43. The van der Waals surface area contributed by atoms with Crippen LogP contribution in [0.4, 0.5) is 5.69 Å². The SMILES string of the molecule is CCC1=C(NC=O)C(c2ccc([N+](=O)[O-])cc2)C(N(C=O)CCCN2CCC(c3ccccc3)(c3ccccc3)CC2)=C(COCCCN)N1. The predicted molar refractivity (Wildman–Crippen MR) is 194 cm³/mol. The number of nitrogens with one attached hydrogen (secondary N) is 2. The summed E-state index contributed by atoms with van der Waals surface area (Å²) in [5.74, 6) is -0.567. The van der Waals surface area contributed by atoms with Crippen LogP contribution >= 0.6 is 0 Å². The molecule has 1 fully saturated rings. The topological polar surface area (TPSA) is 143 Å². The van der Waals surface area contributed by atoms with Gasteiger partial charge in [-0.05, 0) is 75.0 Å². The average Bonchev–Trinajstić information content (AvgIpc) is 3.16. The molecule has 1 saturated heterocycles. The molecule has 0 aliphatic carbocycles. The maximum atomic E-state index is 12.9. The molecule has 11 nitrogen and oxygen atoms in total. The second kappa shape index (κ2) is 17.7. The molecule has 0 aromatic heterocycles. The Morgan fingerprint density at radius 3 is 2.16 bits per heavy atom. The number of nitro benzene ring substituents is 1. The van der Waals surface area contributed by atoms with Crippen LogP contribution in [0.2, 0.25) is 0 Å². The van der Waals surface area contributed by atoms with E-state index in [9.17, 15) is 19.7 Å². The number of piperidine rings is 1. The fraction of sp³-hybridized carbons (Fsp3) is 0.385. The molecule has 1 atom stereocenters. The van der Waals surface area contributed by atoms with Gasteiger partial charge < -0.3 is 30.9 Å². The van der Waals surface area contributed by atoms with Gasteiger partial charge in [-0.2, -0.15) is 0 Å². The first-order valence-electron chi connectivity index (χ1n) is 17.5. The summed E-state index contributed by atoms with van der Waals surface area (Å²) >= 11 is 0. The summed E-state index contributed by atoms with van der Waals surface area (Å²) < 4.78 is 6.00. The van der Waals surface area contributed by atoms with E-state index in [1.54, 1.807) is 17.0 Å². The lowest BCUT2D eigenvalue weighted by atomic mass is 9.68. The van der Waals surface area contributed by atoms with Crippen molar-refractivity contribution in [1.82, 2.24) is 20.4 Å². The Hall–Kier alpha value is -4.84. The Morgan fingerprint density at radius 1 is 0.980 bits per heavy atom. The molecule has 2 heterocycles. The summed E-state index contributed by atoms with van der Waals surface area (Å²) in [7, 11) is 0. The van der Waals surface area contributed by atoms with Crippen molar-refractivity contribution in [3.63, 3.8) is 0 Å². The number of dihydropyridines is 1. The first kappa shape index (κ1) is 36.4. The minimum atomic E-state index is -0.567. The fourth-order valence-corrected chi connectivity index (χ4v) is 7.34. The van der Waals surface area contributed by atoms with Crippen molar-refractivity contribution in [3.8, 4) is 0 Å². The zero-order valence-electron chi connectivity index (χ0n) is 28.8. The molecule has 2 aliphatic rings. The number of nitrogens with zero attached hydrogens (tertiary/aromatic N) is 3. The number of non-ortho nitro benzene ring substituents is 1. The Bertz CT molecular complexity index is 1590. The second-order valence-electron chi connectivity index (χ2n) is 12.8. The van der Waals surface area contributed by atoms with Crippen LogP contribution in [0.15, 0.2) is 108 Å². The summed E-state index contributed by atoms with van der Waals surface area (Å²) in [6.45, 7) is 6.22. The van der Waals surface area contributed by atoms with Crippen molar-refractivity contribution in [3.05, 3.63) is 135 Å². The number of ether oxygens (including phenoxy) is 1. The van der Waals surface area contributed by atoms with Crippen LogP contribution in [0, 0.1) is 10.1 Å². The lowest BCUT2D eigenvalue weighted by molar-refractivity contribution is -0.384. The molecule has 0 saturated carbocycles. The molecule has 4 N–H and O–H groups in total. The van der Waals surface area contributed by atoms with Crippen molar-refractivity contribution in [2.45, 2.75) is 50.4 Å². The zero-order valence-corrected chi connectivity index (χ0v) is 28.8. The highest BCUT2D eigenvalue weighted by Crippen LogP contribution is 2.42. The molecule has 50 heavy (non-hydrogen) atoms. The van der Waals surface area contributed by atoms with Crippen LogP contribution < -0.4 is 16.4 Å². The molecule has 3 aromatic rings. The Balaban J connectivity index is 1.38. The summed E-state index contributed by atoms with van der Waals surface area (Å²) in [6.07, 6.45) is 5.42. The van der Waals surface area contributed by atoms with Gasteiger partial charge in [0.1, 0.15) is 0 Å². The number of nitro groups is 1. The number of carbonyl (C=O) groups is 2. The molecule has 2 aliphatic heterocycles. The number of allylic oxidation sites excluding steroid dienone is 1. The van der Waals surface area contributed by atoms with E-state index in [-0.39, 0.29) is 17.7 Å². The van der Waals surface area contributed by atoms with Crippen LogP contribution in [-0.4, -0.2) is 73.5 Å². The molecule has 0 radical (unpaired) electrons. The Kier molecular flexibility index (Phi) is 12.9. The number of amides is 2. The highest BCUT2D eigenvalue weighted by atomic mass is 16.6. The van der Waals surface area contributed by atoms with Crippen LogP contribution in [0.5, 0.6) is 0 Å². The summed E-state index contributed by atoms with van der Waals surface area (Å²) in [5.41, 5.74) is 11.7. The molecule has 0 bridgehead atoms. The molecular formula is C39H48N6O5. The van der Waals surface area contributed by atoms with E-state index in [0.717, 1.165) is 51.0 Å². The van der Waals surface area contributed by atoms with Crippen LogP contribution in [0.25, 0.3) is 0 Å². The number of benzene rings is 3. The third-order valence-electron chi connectivity index (χ3n) is 9.92. The van der Waals surface area contributed by atoms with Gasteiger partial charge in [-0.15, -0.1) is 0 Å². The van der Waals surface area contributed by atoms with Crippen molar-refractivity contribution in [1.29, 1.82) is 0 Å². The van der Waals surface area contributed by atoms with E-state index in [1.807, 2.05) is 6.92 Å². The maximum Gasteiger partial charge on any atom is 0.269 e. The van der Waals surface area contributed by atoms with Gasteiger partial charge >= 0.3 is 0 Å². The van der Waals surface area contributed by atoms with Gasteiger partial charge in [0, 0.05) is 36.4 Å². The number of rotatable bonds is 18. The van der Waals surface area contributed by atoms with E-state index in [0.29, 0.717) is 61.6 Å². The van der Waals surface area contributed by atoms with E-state index in [4.69, 9.17) is 10.5 Å². The van der Waals surface area contributed by atoms with Crippen molar-refractivity contribution >= 4 is 18.5 Å². The molecule has 264 valence electrons. The molecular weight excluding hydrogens is 632 g/mol. The van der Waals surface area contributed by atoms with Gasteiger partial charge in [-0.1, -0.05) is 79.7 Å².